The molecule has 0 saturated heterocycles. The maximum absolute atomic E-state index is 12.5. The first-order valence-electron chi connectivity index (χ1n) is 8.24. The number of cyclic esters (lactones) is 1. The van der Waals surface area contributed by atoms with E-state index < -0.39 is 5.60 Å². The third-order valence-electron chi connectivity index (χ3n) is 4.73. The quantitative estimate of drug-likeness (QED) is 0.630. The van der Waals surface area contributed by atoms with Gasteiger partial charge in [-0.1, -0.05) is 29.3 Å². The zero-order valence-electron chi connectivity index (χ0n) is 14.4. The zero-order chi connectivity index (χ0) is 17.8. The van der Waals surface area contributed by atoms with Crippen LogP contribution in [0.25, 0.3) is 11.0 Å². The second kappa shape index (κ2) is 5.31. The summed E-state index contributed by atoms with van der Waals surface area (Å²) in [4.78, 5) is 25.0. The Morgan fingerprint density at radius 1 is 0.960 bits per heavy atom. The van der Waals surface area contributed by atoms with E-state index in [4.69, 9.17) is 9.15 Å². The molecule has 0 unspecified atom stereocenters. The lowest BCUT2D eigenvalue weighted by Crippen LogP contribution is -2.37. The van der Waals surface area contributed by atoms with Gasteiger partial charge in [0.15, 0.2) is 16.8 Å². The molecule has 0 spiro atoms. The molecule has 1 atom stereocenters. The minimum absolute atomic E-state index is 0.132. The van der Waals surface area contributed by atoms with Crippen LogP contribution in [0.1, 0.15) is 39.7 Å². The number of benzene rings is 2. The van der Waals surface area contributed by atoms with Crippen molar-refractivity contribution in [3.63, 3.8) is 0 Å². The fraction of sp³-hybridized carbons (Fsp3) is 0.238. The summed E-state index contributed by atoms with van der Waals surface area (Å²) in [5.74, 6) is -0.0208. The summed E-state index contributed by atoms with van der Waals surface area (Å²) in [6, 6.07) is 12.6. The minimum atomic E-state index is -1.00. The van der Waals surface area contributed by atoms with Crippen molar-refractivity contribution in [3.05, 3.63) is 80.7 Å². The van der Waals surface area contributed by atoms with Gasteiger partial charge in [0.25, 0.3) is 0 Å². The van der Waals surface area contributed by atoms with E-state index in [-0.39, 0.29) is 11.4 Å². The van der Waals surface area contributed by atoms with Gasteiger partial charge in [0.2, 0.25) is 0 Å². The molecule has 126 valence electrons. The lowest BCUT2D eigenvalue weighted by Gasteiger charge is -2.33. The predicted octanol–water partition coefficient (Wildman–Crippen LogP) is 4.04. The summed E-state index contributed by atoms with van der Waals surface area (Å²) in [6.45, 7) is 5.65. The molecular weight excluding hydrogens is 316 g/mol. The number of aryl methyl sites for hydroxylation is 2. The number of ether oxygens (including phenoxy) is 1. The second-order valence-corrected chi connectivity index (χ2v) is 6.93. The first-order valence-corrected chi connectivity index (χ1v) is 8.24. The van der Waals surface area contributed by atoms with Gasteiger partial charge in [-0.3, -0.25) is 4.79 Å². The van der Waals surface area contributed by atoms with Gasteiger partial charge < -0.3 is 9.15 Å². The molecule has 1 aliphatic heterocycles. The van der Waals surface area contributed by atoms with Crippen molar-refractivity contribution >= 4 is 16.9 Å². The average Bonchev–Trinajstić information content (AvgIpc) is 2.56. The summed E-state index contributed by atoms with van der Waals surface area (Å²) in [5.41, 5.74) is 2.84. The number of fused-ring (bicyclic) bond motifs is 2. The van der Waals surface area contributed by atoms with Gasteiger partial charge in [-0.05, 0) is 44.5 Å². The fourth-order valence-electron chi connectivity index (χ4n) is 3.36. The summed E-state index contributed by atoms with van der Waals surface area (Å²) >= 11 is 0. The summed E-state index contributed by atoms with van der Waals surface area (Å²) < 4.78 is 11.6. The van der Waals surface area contributed by atoms with Crippen LogP contribution < -0.4 is 5.43 Å². The molecule has 0 amide bonds. The maximum Gasteiger partial charge on any atom is 0.339 e. The van der Waals surface area contributed by atoms with Crippen molar-refractivity contribution in [2.24, 2.45) is 0 Å². The van der Waals surface area contributed by atoms with Gasteiger partial charge in [0.05, 0.1) is 10.9 Å². The third kappa shape index (κ3) is 2.54. The summed E-state index contributed by atoms with van der Waals surface area (Å²) in [5, 5.41) is 0.533. The minimum Gasteiger partial charge on any atom is -0.457 e. The number of rotatable bonds is 1. The van der Waals surface area contributed by atoms with Crippen molar-refractivity contribution in [1.82, 2.24) is 0 Å². The molecule has 1 aliphatic rings. The molecule has 0 N–H and O–H groups in total. The van der Waals surface area contributed by atoms with Gasteiger partial charge in [-0.25, -0.2) is 4.79 Å². The van der Waals surface area contributed by atoms with Crippen LogP contribution in [0.3, 0.4) is 0 Å². The Morgan fingerprint density at radius 2 is 1.68 bits per heavy atom. The lowest BCUT2D eigenvalue weighted by molar-refractivity contribution is -0.0284. The third-order valence-corrected chi connectivity index (χ3v) is 4.73. The van der Waals surface area contributed by atoms with Crippen LogP contribution in [0.15, 0.2) is 51.7 Å². The SMILES string of the molecule is Cc1ccc2c(c1)C(=O)O[C@@](C)(c1cc(=O)c3cc(C)ccc3o1)C2. The first kappa shape index (κ1) is 15.6. The van der Waals surface area contributed by atoms with Crippen LogP contribution in [0, 0.1) is 13.8 Å². The van der Waals surface area contributed by atoms with Crippen LogP contribution in [0.2, 0.25) is 0 Å². The molecule has 0 aliphatic carbocycles. The lowest BCUT2D eigenvalue weighted by atomic mass is 9.87. The van der Waals surface area contributed by atoms with Crippen molar-refractivity contribution in [2.45, 2.75) is 32.8 Å². The van der Waals surface area contributed by atoms with E-state index in [0.29, 0.717) is 28.7 Å². The Balaban J connectivity index is 1.85. The number of carbonyl (C=O) groups is 1. The van der Waals surface area contributed by atoms with E-state index in [9.17, 15) is 9.59 Å². The molecule has 0 bridgehead atoms. The molecule has 1 aromatic heterocycles. The Hall–Kier alpha value is -2.88. The van der Waals surface area contributed by atoms with E-state index in [1.54, 1.807) is 19.1 Å². The highest BCUT2D eigenvalue weighted by molar-refractivity contribution is 5.92. The highest BCUT2D eigenvalue weighted by atomic mass is 16.6. The molecule has 4 nitrogen and oxygen atoms in total. The van der Waals surface area contributed by atoms with Crippen molar-refractivity contribution in [3.8, 4) is 0 Å². The molecule has 0 saturated carbocycles. The largest absolute Gasteiger partial charge is 0.457 e. The van der Waals surface area contributed by atoms with Gasteiger partial charge in [-0.15, -0.1) is 0 Å². The molecule has 0 radical (unpaired) electrons. The summed E-state index contributed by atoms with van der Waals surface area (Å²) in [7, 11) is 0. The van der Waals surface area contributed by atoms with Crippen molar-refractivity contribution in [1.29, 1.82) is 0 Å². The van der Waals surface area contributed by atoms with Gasteiger partial charge in [0.1, 0.15) is 5.58 Å². The Bertz CT molecular complexity index is 1080. The van der Waals surface area contributed by atoms with Gasteiger partial charge in [0, 0.05) is 12.5 Å². The van der Waals surface area contributed by atoms with Gasteiger partial charge >= 0.3 is 5.97 Å². The first-order chi connectivity index (χ1) is 11.9. The van der Waals surface area contributed by atoms with E-state index in [0.717, 1.165) is 16.7 Å². The van der Waals surface area contributed by atoms with Crippen LogP contribution in [0.5, 0.6) is 0 Å². The Kier molecular flexibility index (Phi) is 3.32. The van der Waals surface area contributed by atoms with E-state index in [2.05, 4.69) is 0 Å². The highest BCUT2D eigenvalue weighted by Crippen LogP contribution is 2.36. The normalized spacial score (nSPS) is 19.6. The Morgan fingerprint density at radius 3 is 2.48 bits per heavy atom. The highest BCUT2D eigenvalue weighted by Gasteiger charge is 2.40. The zero-order valence-corrected chi connectivity index (χ0v) is 14.4. The maximum atomic E-state index is 12.5. The molecule has 2 aromatic carbocycles. The summed E-state index contributed by atoms with van der Waals surface area (Å²) in [6.07, 6.45) is 0.467. The topological polar surface area (TPSA) is 56.5 Å². The van der Waals surface area contributed by atoms with Crippen molar-refractivity contribution in [2.75, 3.05) is 0 Å². The monoisotopic (exact) mass is 334 g/mol. The molecular formula is C21H18O4. The standard InChI is InChI=1S/C21H18O4/c1-12-4-6-14-11-21(3,25-20(23)15(14)8-12)19-10-17(22)16-9-13(2)5-7-18(16)24-19/h4-10H,11H2,1-3H3/t21-/m1/s1. The number of carbonyl (C=O) groups excluding carboxylic acids is 1. The molecule has 4 rings (SSSR count). The van der Waals surface area contributed by atoms with E-state index in [1.165, 1.54) is 6.07 Å². The average molecular weight is 334 g/mol. The number of esters is 1. The van der Waals surface area contributed by atoms with Crippen molar-refractivity contribution < 1.29 is 13.9 Å². The van der Waals surface area contributed by atoms with Crippen LogP contribution >= 0.6 is 0 Å². The Labute approximate surface area is 145 Å². The number of hydrogen-bond acceptors (Lipinski definition) is 4. The van der Waals surface area contributed by atoms with Crippen LogP contribution in [-0.4, -0.2) is 5.97 Å². The van der Waals surface area contributed by atoms with Crippen LogP contribution in [0.4, 0.5) is 0 Å². The molecule has 0 fully saturated rings. The smallest absolute Gasteiger partial charge is 0.339 e. The predicted molar refractivity (Wildman–Crippen MR) is 94.9 cm³/mol. The van der Waals surface area contributed by atoms with Gasteiger partial charge in [-0.2, -0.15) is 0 Å². The van der Waals surface area contributed by atoms with E-state index in [1.807, 2.05) is 38.1 Å². The molecule has 25 heavy (non-hydrogen) atoms. The fourth-order valence-corrected chi connectivity index (χ4v) is 3.36. The van der Waals surface area contributed by atoms with Crippen LogP contribution in [-0.2, 0) is 16.8 Å². The molecule has 2 heterocycles. The van der Waals surface area contributed by atoms with E-state index >= 15 is 0 Å². The molecule has 4 heteroatoms. The number of hydrogen-bond donors (Lipinski definition) is 0. The second-order valence-electron chi connectivity index (χ2n) is 6.93. The molecule has 3 aromatic rings.